The van der Waals surface area contributed by atoms with Crippen molar-refractivity contribution in [3.63, 3.8) is 0 Å². The predicted molar refractivity (Wildman–Crippen MR) is 123 cm³/mol. The molecule has 0 saturated heterocycles. The van der Waals surface area contributed by atoms with Crippen molar-refractivity contribution in [3.05, 3.63) is 107 Å². The number of nitrogens with two attached hydrogens (primary N) is 1. The van der Waals surface area contributed by atoms with Gasteiger partial charge in [-0.2, -0.15) is 0 Å². The van der Waals surface area contributed by atoms with Crippen LogP contribution in [0.25, 0.3) is 43.8 Å². The summed E-state index contributed by atoms with van der Waals surface area (Å²) in [5.41, 5.74) is 9.74. The molecule has 0 spiro atoms. The van der Waals surface area contributed by atoms with Crippen LogP contribution in [-0.2, 0) is 0 Å². The third-order valence-corrected chi connectivity index (χ3v) is 5.49. The van der Waals surface area contributed by atoms with Gasteiger partial charge in [0.05, 0.1) is 10.5 Å². The fraction of sp³-hybridized carbons (Fsp3) is 0. The number of nitrogen functional groups attached to an aromatic ring is 1. The summed E-state index contributed by atoms with van der Waals surface area (Å²) in [4.78, 5) is 11.4. The maximum absolute atomic E-state index is 11.8. The highest BCUT2D eigenvalue weighted by atomic mass is 16.6. The maximum Gasteiger partial charge on any atom is 0.279 e. The van der Waals surface area contributed by atoms with Gasteiger partial charge in [0.15, 0.2) is 0 Å². The Balaban J connectivity index is 1.73. The number of benzene rings is 5. The summed E-state index contributed by atoms with van der Waals surface area (Å²) < 4.78 is 0. The van der Waals surface area contributed by atoms with Crippen LogP contribution in [0.15, 0.2) is 97.1 Å². The molecule has 5 rings (SSSR count). The molecule has 4 heteroatoms. The lowest BCUT2D eigenvalue weighted by Crippen LogP contribution is -1.98. The zero-order valence-electron chi connectivity index (χ0n) is 16.1. The van der Waals surface area contributed by atoms with E-state index in [-0.39, 0.29) is 10.6 Å². The first-order chi connectivity index (χ1) is 14.6. The largest absolute Gasteiger partial charge is 0.398 e. The van der Waals surface area contributed by atoms with Gasteiger partial charge < -0.3 is 5.73 Å². The molecule has 0 fully saturated rings. The Hall–Kier alpha value is -4.18. The molecule has 0 amide bonds. The topological polar surface area (TPSA) is 69.2 Å². The van der Waals surface area contributed by atoms with Gasteiger partial charge in [-0.3, -0.25) is 10.1 Å². The molecule has 5 aromatic carbocycles. The van der Waals surface area contributed by atoms with Crippen LogP contribution in [0.2, 0.25) is 0 Å². The SMILES string of the molecule is Nc1cc([N+](=O)[O-])c(-c2ccc3ccccc3c2)cc1-c1ccc2ccccc2c1. The van der Waals surface area contributed by atoms with E-state index in [1.54, 1.807) is 0 Å². The van der Waals surface area contributed by atoms with Crippen molar-refractivity contribution < 1.29 is 4.92 Å². The van der Waals surface area contributed by atoms with Gasteiger partial charge in [-0.15, -0.1) is 0 Å². The molecule has 0 heterocycles. The van der Waals surface area contributed by atoms with Gasteiger partial charge in [0, 0.05) is 17.3 Å². The number of nitro benzene ring substituents is 1. The van der Waals surface area contributed by atoms with Gasteiger partial charge in [-0.1, -0.05) is 72.8 Å². The van der Waals surface area contributed by atoms with Gasteiger partial charge in [0.25, 0.3) is 5.69 Å². The molecular formula is C26H18N2O2. The first-order valence-corrected chi connectivity index (χ1v) is 9.66. The van der Waals surface area contributed by atoms with Gasteiger partial charge >= 0.3 is 0 Å². The summed E-state index contributed by atoms with van der Waals surface area (Å²) in [6.07, 6.45) is 0. The number of hydrogen-bond donors (Lipinski definition) is 1. The average molecular weight is 390 g/mol. The second-order valence-corrected chi connectivity index (χ2v) is 7.34. The summed E-state index contributed by atoms with van der Waals surface area (Å²) in [6.45, 7) is 0. The van der Waals surface area contributed by atoms with Gasteiger partial charge in [-0.05, 0) is 50.9 Å². The zero-order chi connectivity index (χ0) is 20.7. The van der Waals surface area contributed by atoms with E-state index in [1.165, 1.54) is 6.07 Å². The Labute approximate surface area is 173 Å². The number of rotatable bonds is 3. The van der Waals surface area contributed by atoms with E-state index in [1.807, 2.05) is 78.9 Å². The van der Waals surface area contributed by atoms with Gasteiger partial charge in [0.1, 0.15) is 0 Å². The first kappa shape index (κ1) is 17.9. The number of nitrogens with zero attached hydrogens (tertiary/aromatic N) is 1. The van der Waals surface area contributed by atoms with Crippen LogP contribution >= 0.6 is 0 Å². The van der Waals surface area contributed by atoms with E-state index in [0.29, 0.717) is 11.3 Å². The van der Waals surface area contributed by atoms with Crippen molar-refractivity contribution in [2.24, 2.45) is 0 Å². The Morgan fingerprint density at radius 1 is 0.600 bits per heavy atom. The van der Waals surface area contributed by atoms with Crippen LogP contribution < -0.4 is 5.73 Å². The number of nitro groups is 1. The van der Waals surface area contributed by atoms with E-state index in [0.717, 1.165) is 38.2 Å². The van der Waals surface area contributed by atoms with Crippen LogP contribution in [-0.4, -0.2) is 4.92 Å². The molecular weight excluding hydrogens is 372 g/mol. The van der Waals surface area contributed by atoms with Crippen molar-refractivity contribution in [3.8, 4) is 22.3 Å². The van der Waals surface area contributed by atoms with Gasteiger partial charge in [-0.25, -0.2) is 0 Å². The summed E-state index contributed by atoms with van der Waals surface area (Å²) in [6, 6.07) is 31.4. The lowest BCUT2D eigenvalue weighted by molar-refractivity contribution is -0.384. The predicted octanol–water partition coefficient (Wildman–Crippen LogP) is 6.82. The molecule has 5 aromatic rings. The van der Waals surface area contributed by atoms with Crippen molar-refractivity contribution in [2.75, 3.05) is 5.73 Å². The van der Waals surface area contributed by atoms with E-state index in [2.05, 4.69) is 12.1 Å². The molecule has 30 heavy (non-hydrogen) atoms. The third-order valence-electron chi connectivity index (χ3n) is 5.49. The highest BCUT2D eigenvalue weighted by molar-refractivity contribution is 5.94. The van der Waals surface area contributed by atoms with Crippen molar-refractivity contribution in [2.45, 2.75) is 0 Å². The van der Waals surface area contributed by atoms with E-state index in [4.69, 9.17) is 5.73 Å². The Kier molecular flexibility index (Phi) is 4.18. The van der Waals surface area contributed by atoms with E-state index >= 15 is 0 Å². The number of hydrogen-bond acceptors (Lipinski definition) is 3. The van der Waals surface area contributed by atoms with Crippen molar-refractivity contribution >= 4 is 32.9 Å². The molecule has 0 unspecified atom stereocenters. The number of fused-ring (bicyclic) bond motifs is 2. The van der Waals surface area contributed by atoms with Crippen LogP contribution in [0.3, 0.4) is 0 Å². The van der Waals surface area contributed by atoms with E-state index in [9.17, 15) is 10.1 Å². The normalized spacial score (nSPS) is 11.1. The summed E-state index contributed by atoms with van der Waals surface area (Å²) in [5, 5.41) is 16.1. The Morgan fingerprint density at radius 3 is 1.63 bits per heavy atom. The van der Waals surface area contributed by atoms with Gasteiger partial charge in [0.2, 0.25) is 0 Å². The fourth-order valence-electron chi connectivity index (χ4n) is 3.95. The third kappa shape index (κ3) is 3.05. The van der Waals surface area contributed by atoms with Crippen molar-refractivity contribution in [1.82, 2.24) is 0 Å². The molecule has 2 N–H and O–H groups in total. The molecule has 0 bridgehead atoms. The first-order valence-electron chi connectivity index (χ1n) is 9.66. The molecule has 4 nitrogen and oxygen atoms in total. The molecule has 0 aliphatic rings. The standard InChI is InChI=1S/C26H18N2O2/c27-25-16-26(28(29)30)24(22-12-10-18-6-2-4-8-20(18)14-22)15-23(25)21-11-9-17-5-1-3-7-19(17)13-21/h1-16H,27H2. The molecule has 0 aliphatic carbocycles. The monoisotopic (exact) mass is 390 g/mol. The Bertz CT molecular complexity index is 1440. The smallest absolute Gasteiger partial charge is 0.279 e. The van der Waals surface area contributed by atoms with Crippen LogP contribution in [0.4, 0.5) is 11.4 Å². The van der Waals surface area contributed by atoms with Crippen LogP contribution in [0.1, 0.15) is 0 Å². The lowest BCUT2D eigenvalue weighted by Gasteiger charge is -2.12. The summed E-state index contributed by atoms with van der Waals surface area (Å²) in [5.74, 6) is 0. The molecule has 0 radical (unpaired) electrons. The number of anilines is 1. The minimum absolute atomic E-state index is 0.00678. The summed E-state index contributed by atoms with van der Waals surface area (Å²) >= 11 is 0. The van der Waals surface area contributed by atoms with E-state index < -0.39 is 0 Å². The summed E-state index contributed by atoms with van der Waals surface area (Å²) in [7, 11) is 0. The lowest BCUT2D eigenvalue weighted by atomic mass is 9.93. The van der Waals surface area contributed by atoms with Crippen LogP contribution in [0.5, 0.6) is 0 Å². The highest BCUT2D eigenvalue weighted by Crippen LogP contribution is 2.39. The fourth-order valence-corrected chi connectivity index (χ4v) is 3.95. The highest BCUT2D eigenvalue weighted by Gasteiger charge is 2.19. The van der Waals surface area contributed by atoms with Crippen molar-refractivity contribution in [1.29, 1.82) is 0 Å². The average Bonchev–Trinajstić information content (AvgIpc) is 2.78. The molecule has 0 aliphatic heterocycles. The minimum Gasteiger partial charge on any atom is -0.398 e. The molecule has 0 saturated carbocycles. The second kappa shape index (κ2) is 7.01. The quantitative estimate of drug-likeness (QED) is 0.209. The molecule has 144 valence electrons. The molecule has 0 aromatic heterocycles. The maximum atomic E-state index is 11.8. The second-order valence-electron chi connectivity index (χ2n) is 7.34. The zero-order valence-corrected chi connectivity index (χ0v) is 16.1. The molecule has 0 atom stereocenters. The Morgan fingerprint density at radius 2 is 1.10 bits per heavy atom. The van der Waals surface area contributed by atoms with Crippen LogP contribution in [0, 0.1) is 10.1 Å². The minimum atomic E-state index is -0.370.